The molecular formula is C30H37N3O6S. The van der Waals surface area contributed by atoms with Crippen molar-refractivity contribution < 1.29 is 27.5 Å². The third-order valence-corrected chi connectivity index (χ3v) is 8.24. The number of benzene rings is 3. The molecule has 1 N–H and O–H groups in total. The van der Waals surface area contributed by atoms with Crippen LogP contribution >= 0.6 is 0 Å². The zero-order valence-electron chi connectivity index (χ0n) is 23.6. The van der Waals surface area contributed by atoms with Gasteiger partial charge in [0.2, 0.25) is 11.8 Å². The number of hydrogen-bond donors (Lipinski definition) is 1. The zero-order chi connectivity index (χ0) is 29.3. The van der Waals surface area contributed by atoms with Crippen LogP contribution in [0, 0.1) is 6.92 Å². The first kappa shape index (κ1) is 30.5. The highest BCUT2D eigenvalue weighted by atomic mass is 32.2. The Morgan fingerprint density at radius 2 is 1.62 bits per heavy atom. The number of aryl methyl sites for hydroxylation is 1. The first-order valence-electron chi connectivity index (χ1n) is 13.1. The lowest BCUT2D eigenvalue weighted by Gasteiger charge is -2.33. The Kier molecular flexibility index (Phi) is 10.6. The molecule has 0 bridgehead atoms. The molecule has 214 valence electrons. The van der Waals surface area contributed by atoms with Gasteiger partial charge in [0.05, 0.1) is 24.8 Å². The van der Waals surface area contributed by atoms with Crippen LogP contribution in [0.2, 0.25) is 0 Å². The summed E-state index contributed by atoms with van der Waals surface area (Å²) in [6.45, 7) is 5.40. The van der Waals surface area contributed by atoms with Gasteiger partial charge in [-0.05, 0) is 62.2 Å². The number of para-hydroxylation sites is 2. The van der Waals surface area contributed by atoms with Crippen LogP contribution in [0.3, 0.4) is 0 Å². The first-order valence-corrected chi connectivity index (χ1v) is 14.5. The number of nitrogens with one attached hydrogen (secondary N) is 1. The van der Waals surface area contributed by atoms with Crippen molar-refractivity contribution in [2.24, 2.45) is 0 Å². The summed E-state index contributed by atoms with van der Waals surface area (Å²) in [6.07, 6.45) is 0.334. The van der Waals surface area contributed by atoms with Crippen molar-refractivity contribution in [3.8, 4) is 11.5 Å². The normalized spacial score (nSPS) is 11.8. The van der Waals surface area contributed by atoms with E-state index in [0.29, 0.717) is 24.5 Å². The Hall–Kier alpha value is -4.05. The van der Waals surface area contributed by atoms with Crippen LogP contribution in [-0.4, -0.2) is 58.5 Å². The molecule has 0 radical (unpaired) electrons. The number of methoxy groups -OCH3 is 2. The third kappa shape index (κ3) is 7.12. The van der Waals surface area contributed by atoms with E-state index in [1.54, 1.807) is 68.6 Å². The average Bonchev–Trinajstić information content (AvgIpc) is 2.96. The highest BCUT2D eigenvalue weighted by molar-refractivity contribution is 7.92. The van der Waals surface area contributed by atoms with E-state index in [2.05, 4.69) is 5.32 Å². The number of amides is 2. The second-order valence-corrected chi connectivity index (χ2v) is 11.1. The predicted molar refractivity (Wildman–Crippen MR) is 155 cm³/mol. The second kappa shape index (κ2) is 13.8. The highest BCUT2D eigenvalue weighted by Crippen LogP contribution is 2.32. The van der Waals surface area contributed by atoms with E-state index in [1.807, 2.05) is 19.9 Å². The number of rotatable bonds is 13. The van der Waals surface area contributed by atoms with Crippen molar-refractivity contribution in [3.05, 3.63) is 83.9 Å². The minimum Gasteiger partial charge on any atom is -0.497 e. The van der Waals surface area contributed by atoms with Gasteiger partial charge < -0.3 is 19.7 Å². The van der Waals surface area contributed by atoms with Crippen LogP contribution in [0.1, 0.15) is 31.4 Å². The smallest absolute Gasteiger partial charge is 0.264 e. The molecule has 1 atom stereocenters. The predicted octanol–water partition coefficient (Wildman–Crippen LogP) is 4.15. The maximum atomic E-state index is 14.1. The molecule has 0 unspecified atom stereocenters. The summed E-state index contributed by atoms with van der Waals surface area (Å²) in [5.74, 6) is 0.0450. The fraction of sp³-hybridized carbons (Fsp3) is 0.333. The van der Waals surface area contributed by atoms with Gasteiger partial charge in [-0.1, -0.05) is 48.9 Å². The summed E-state index contributed by atoms with van der Waals surface area (Å²) in [7, 11) is -1.21. The van der Waals surface area contributed by atoms with E-state index in [0.717, 1.165) is 15.4 Å². The summed E-state index contributed by atoms with van der Waals surface area (Å²) >= 11 is 0. The van der Waals surface area contributed by atoms with Gasteiger partial charge in [0.15, 0.2) is 0 Å². The average molecular weight is 568 g/mol. The Morgan fingerprint density at radius 3 is 2.25 bits per heavy atom. The molecule has 10 heteroatoms. The van der Waals surface area contributed by atoms with Crippen LogP contribution < -0.4 is 19.1 Å². The molecule has 2 amide bonds. The third-order valence-electron chi connectivity index (χ3n) is 6.47. The van der Waals surface area contributed by atoms with Crippen LogP contribution in [0.25, 0.3) is 0 Å². The largest absolute Gasteiger partial charge is 0.497 e. The molecule has 9 nitrogen and oxygen atoms in total. The molecule has 0 saturated carbocycles. The maximum Gasteiger partial charge on any atom is 0.264 e. The molecule has 0 aromatic heterocycles. The Labute approximate surface area is 236 Å². The maximum absolute atomic E-state index is 14.1. The second-order valence-electron chi connectivity index (χ2n) is 9.19. The highest BCUT2D eigenvalue weighted by Gasteiger charge is 2.34. The Bertz CT molecular complexity index is 1410. The zero-order valence-corrected chi connectivity index (χ0v) is 24.4. The Balaban J connectivity index is 2.10. The number of carbonyl (C=O) groups excluding carboxylic acids is 2. The van der Waals surface area contributed by atoms with Gasteiger partial charge in [-0.15, -0.1) is 0 Å². The van der Waals surface area contributed by atoms with Crippen LogP contribution in [0.15, 0.2) is 77.7 Å². The van der Waals surface area contributed by atoms with Crippen molar-refractivity contribution in [1.82, 2.24) is 10.2 Å². The van der Waals surface area contributed by atoms with Gasteiger partial charge in [0.1, 0.15) is 24.1 Å². The number of anilines is 1. The number of sulfonamides is 1. The molecule has 3 aromatic carbocycles. The fourth-order valence-corrected chi connectivity index (χ4v) is 5.79. The van der Waals surface area contributed by atoms with Crippen LogP contribution in [-0.2, 0) is 26.2 Å². The quantitative estimate of drug-likeness (QED) is 0.333. The van der Waals surface area contributed by atoms with Crippen molar-refractivity contribution >= 4 is 27.5 Å². The summed E-state index contributed by atoms with van der Waals surface area (Å²) in [5, 5.41) is 2.80. The summed E-state index contributed by atoms with van der Waals surface area (Å²) in [4.78, 5) is 28.6. The van der Waals surface area contributed by atoms with Crippen molar-refractivity contribution in [1.29, 1.82) is 0 Å². The SMILES string of the molecule is CCNC(=O)[C@@H](CC)N(Cc1cccc(OC)c1)C(=O)CN(c1ccccc1OC)S(=O)(=O)c1ccc(C)cc1. The van der Waals surface area contributed by atoms with Gasteiger partial charge in [-0.25, -0.2) is 8.42 Å². The van der Waals surface area contributed by atoms with Gasteiger partial charge in [0.25, 0.3) is 10.0 Å². The number of hydrogen-bond acceptors (Lipinski definition) is 6. The summed E-state index contributed by atoms with van der Waals surface area (Å²) < 4.78 is 39.8. The molecule has 0 aliphatic heterocycles. The molecule has 0 spiro atoms. The van der Waals surface area contributed by atoms with Gasteiger partial charge in [0, 0.05) is 13.1 Å². The minimum absolute atomic E-state index is 0.0342. The summed E-state index contributed by atoms with van der Waals surface area (Å²) in [6, 6.07) is 19.4. The summed E-state index contributed by atoms with van der Waals surface area (Å²) in [5.41, 5.74) is 1.85. The van der Waals surface area contributed by atoms with E-state index in [4.69, 9.17) is 9.47 Å². The molecule has 0 aliphatic carbocycles. The molecule has 40 heavy (non-hydrogen) atoms. The van der Waals surface area contributed by atoms with Gasteiger partial charge >= 0.3 is 0 Å². The van der Waals surface area contributed by atoms with E-state index < -0.39 is 28.5 Å². The molecule has 3 rings (SSSR count). The van der Waals surface area contributed by atoms with Crippen molar-refractivity contribution in [3.63, 3.8) is 0 Å². The van der Waals surface area contributed by atoms with Crippen molar-refractivity contribution in [2.75, 3.05) is 31.6 Å². The molecule has 0 heterocycles. The molecule has 0 fully saturated rings. The number of likely N-dealkylation sites (N-methyl/N-ethyl adjacent to an activating group) is 1. The number of carbonyl (C=O) groups is 2. The van der Waals surface area contributed by atoms with E-state index in [-0.39, 0.29) is 23.0 Å². The van der Waals surface area contributed by atoms with Gasteiger partial charge in [-0.2, -0.15) is 0 Å². The van der Waals surface area contributed by atoms with E-state index in [1.165, 1.54) is 24.1 Å². The van der Waals surface area contributed by atoms with Crippen molar-refractivity contribution in [2.45, 2.75) is 44.7 Å². The van der Waals surface area contributed by atoms with E-state index >= 15 is 0 Å². The molecule has 3 aromatic rings. The fourth-order valence-electron chi connectivity index (χ4n) is 4.37. The van der Waals surface area contributed by atoms with E-state index in [9.17, 15) is 18.0 Å². The minimum atomic E-state index is -4.19. The van der Waals surface area contributed by atoms with Crippen LogP contribution in [0.5, 0.6) is 11.5 Å². The van der Waals surface area contributed by atoms with Gasteiger partial charge in [-0.3, -0.25) is 13.9 Å². The molecular weight excluding hydrogens is 530 g/mol. The molecule has 0 saturated heterocycles. The lowest BCUT2D eigenvalue weighted by Crippen LogP contribution is -2.52. The lowest BCUT2D eigenvalue weighted by molar-refractivity contribution is -0.140. The molecule has 0 aliphatic rings. The first-order chi connectivity index (χ1) is 19.2. The number of ether oxygens (including phenoxy) is 2. The van der Waals surface area contributed by atoms with Crippen LogP contribution in [0.4, 0.5) is 5.69 Å². The monoisotopic (exact) mass is 567 g/mol. The Morgan fingerprint density at radius 1 is 0.925 bits per heavy atom. The topological polar surface area (TPSA) is 105 Å². The standard InChI is InChI=1S/C30H37N3O6S/c1-6-26(30(35)31-7-2)32(20-23-11-10-12-24(19-23)38-4)29(34)21-33(27-13-8-9-14-28(27)39-5)40(36,37)25-17-15-22(3)16-18-25/h8-19,26H,6-7,20-21H2,1-5H3,(H,31,35)/t26-/m1/s1. The lowest BCUT2D eigenvalue weighted by atomic mass is 10.1. The number of nitrogens with zero attached hydrogens (tertiary/aromatic N) is 2.